The summed E-state index contributed by atoms with van der Waals surface area (Å²) in [6.07, 6.45) is 1.21. The van der Waals surface area contributed by atoms with E-state index >= 15 is 0 Å². The number of amides is 1. The number of benzene rings is 1. The van der Waals surface area contributed by atoms with Crippen molar-refractivity contribution in [1.82, 2.24) is 9.88 Å². The smallest absolute Gasteiger partial charge is 0.337 e. The topological polar surface area (TPSA) is 70.5 Å². The van der Waals surface area contributed by atoms with Crippen LogP contribution in [-0.4, -0.2) is 26.9 Å². The van der Waals surface area contributed by atoms with Gasteiger partial charge in [-0.2, -0.15) is 0 Å². The van der Waals surface area contributed by atoms with Crippen molar-refractivity contribution in [1.29, 1.82) is 0 Å². The van der Waals surface area contributed by atoms with E-state index in [4.69, 9.17) is 5.11 Å². The Morgan fingerprint density at radius 1 is 1.05 bits per heavy atom. The number of rotatable bonds is 2. The summed E-state index contributed by atoms with van der Waals surface area (Å²) >= 11 is 0. The van der Waals surface area contributed by atoms with Crippen molar-refractivity contribution in [2.24, 2.45) is 0 Å². The van der Waals surface area contributed by atoms with E-state index in [1.165, 1.54) is 18.3 Å². The van der Waals surface area contributed by atoms with E-state index < -0.39 is 5.97 Å². The molecule has 5 heteroatoms. The molecule has 0 atom stereocenters. The molecule has 2 heterocycles. The van der Waals surface area contributed by atoms with Crippen molar-refractivity contribution in [2.45, 2.75) is 13.1 Å². The molecule has 100 valence electrons. The standard InChI is InChI=1S/C15H12N2O3/c18-14(13-6-5-10(7-16-13)15(19)20)17-8-11-3-1-2-4-12(11)9-17/h1-7H,8-9H2,(H,19,20). The number of carboxylic acid groups (broad SMARTS) is 1. The highest BCUT2D eigenvalue weighted by molar-refractivity contribution is 5.94. The third-order valence-corrected chi connectivity index (χ3v) is 3.36. The molecule has 0 saturated heterocycles. The van der Waals surface area contributed by atoms with Crippen molar-refractivity contribution in [2.75, 3.05) is 0 Å². The molecule has 0 aliphatic carbocycles. The summed E-state index contributed by atoms with van der Waals surface area (Å²) in [7, 11) is 0. The predicted octanol–water partition coefficient (Wildman–Crippen LogP) is 1.94. The van der Waals surface area contributed by atoms with Gasteiger partial charge in [-0.15, -0.1) is 0 Å². The van der Waals surface area contributed by atoms with Crippen molar-refractivity contribution >= 4 is 11.9 Å². The lowest BCUT2D eigenvalue weighted by atomic mass is 10.1. The molecule has 1 aromatic carbocycles. The van der Waals surface area contributed by atoms with Crippen LogP contribution in [0.15, 0.2) is 42.6 Å². The van der Waals surface area contributed by atoms with Crippen LogP contribution in [0.3, 0.4) is 0 Å². The lowest BCUT2D eigenvalue weighted by molar-refractivity contribution is 0.0692. The van der Waals surface area contributed by atoms with Gasteiger partial charge in [0.05, 0.1) is 5.56 Å². The molecule has 20 heavy (non-hydrogen) atoms. The quantitative estimate of drug-likeness (QED) is 0.903. The zero-order valence-electron chi connectivity index (χ0n) is 10.6. The highest BCUT2D eigenvalue weighted by Crippen LogP contribution is 2.23. The van der Waals surface area contributed by atoms with Gasteiger partial charge in [0.25, 0.3) is 5.91 Å². The molecule has 5 nitrogen and oxygen atoms in total. The van der Waals surface area contributed by atoms with E-state index in [9.17, 15) is 9.59 Å². The molecule has 0 bridgehead atoms. The van der Waals surface area contributed by atoms with E-state index in [-0.39, 0.29) is 17.2 Å². The molecule has 1 amide bonds. The number of fused-ring (bicyclic) bond motifs is 1. The molecule has 0 saturated carbocycles. The Balaban J connectivity index is 1.79. The van der Waals surface area contributed by atoms with E-state index in [1.54, 1.807) is 4.90 Å². The number of carboxylic acids is 1. The number of aromatic carboxylic acids is 1. The first kappa shape index (κ1) is 12.3. The van der Waals surface area contributed by atoms with E-state index in [1.807, 2.05) is 24.3 Å². The molecule has 1 N–H and O–H groups in total. The Hall–Kier alpha value is -2.69. The monoisotopic (exact) mass is 268 g/mol. The first-order valence-corrected chi connectivity index (χ1v) is 6.20. The van der Waals surface area contributed by atoms with Crippen LogP contribution < -0.4 is 0 Å². The number of pyridine rings is 1. The number of carbonyl (C=O) groups is 2. The van der Waals surface area contributed by atoms with Gasteiger partial charge in [0.15, 0.2) is 0 Å². The van der Waals surface area contributed by atoms with Crippen LogP contribution in [0.5, 0.6) is 0 Å². The van der Waals surface area contributed by atoms with Crippen LogP contribution in [0.2, 0.25) is 0 Å². The maximum Gasteiger partial charge on any atom is 0.337 e. The number of hydrogen-bond donors (Lipinski definition) is 1. The summed E-state index contributed by atoms with van der Waals surface area (Å²) in [5.41, 5.74) is 2.63. The maximum atomic E-state index is 12.3. The zero-order valence-corrected chi connectivity index (χ0v) is 10.6. The normalized spacial score (nSPS) is 13.1. The molecule has 0 radical (unpaired) electrons. The van der Waals surface area contributed by atoms with Crippen molar-refractivity contribution < 1.29 is 14.7 Å². The highest BCUT2D eigenvalue weighted by atomic mass is 16.4. The SMILES string of the molecule is O=C(O)c1ccc(C(=O)N2Cc3ccccc3C2)nc1. The summed E-state index contributed by atoms with van der Waals surface area (Å²) in [6.45, 7) is 1.13. The molecule has 0 fully saturated rings. The first-order chi connectivity index (χ1) is 9.65. The van der Waals surface area contributed by atoms with Gasteiger partial charge >= 0.3 is 5.97 Å². The van der Waals surface area contributed by atoms with E-state index in [0.717, 1.165) is 11.1 Å². The molecule has 0 unspecified atom stereocenters. The first-order valence-electron chi connectivity index (χ1n) is 6.20. The fraction of sp³-hybridized carbons (Fsp3) is 0.133. The van der Waals surface area contributed by atoms with Crippen molar-refractivity contribution in [3.05, 3.63) is 65.0 Å². The van der Waals surface area contributed by atoms with Crippen molar-refractivity contribution in [3.63, 3.8) is 0 Å². The molecule has 0 spiro atoms. The molecule has 1 aromatic heterocycles. The Kier molecular flexibility index (Phi) is 2.95. The second-order valence-corrected chi connectivity index (χ2v) is 4.67. The third-order valence-electron chi connectivity index (χ3n) is 3.36. The van der Waals surface area contributed by atoms with Crippen LogP contribution in [0, 0.1) is 0 Å². The Morgan fingerprint density at radius 3 is 2.20 bits per heavy atom. The Bertz CT molecular complexity index is 655. The predicted molar refractivity (Wildman–Crippen MR) is 71.2 cm³/mol. The summed E-state index contributed by atoms with van der Waals surface area (Å²) in [5.74, 6) is -1.23. The zero-order chi connectivity index (χ0) is 14.1. The minimum atomic E-state index is -1.05. The lowest BCUT2D eigenvalue weighted by Gasteiger charge is -2.14. The maximum absolute atomic E-state index is 12.3. The van der Waals surface area contributed by atoms with Crippen molar-refractivity contribution in [3.8, 4) is 0 Å². The minimum absolute atomic E-state index is 0.0752. The van der Waals surface area contributed by atoms with Crippen LogP contribution >= 0.6 is 0 Å². The lowest BCUT2D eigenvalue weighted by Crippen LogP contribution is -2.26. The minimum Gasteiger partial charge on any atom is -0.478 e. The highest BCUT2D eigenvalue weighted by Gasteiger charge is 2.24. The summed E-state index contributed by atoms with van der Waals surface area (Å²) in [6, 6.07) is 10.8. The van der Waals surface area contributed by atoms with Crippen LogP contribution in [0.4, 0.5) is 0 Å². The molecule has 1 aliphatic rings. The molecule has 3 rings (SSSR count). The van der Waals surface area contributed by atoms with Gasteiger partial charge in [-0.1, -0.05) is 24.3 Å². The average molecular weight is 268 g/mol. The number of carbonyl (C=O) groups excluding carboxylic acids is 1. The van der Waals surface area contributed by atoms with Gasteiger partial charge in [0.2, 0.25) is 0 Å². The van der Waals surface area contributed by atoms with Crippen LogP contribution in [0.1, 0.15) is 32.0 Å². The number of nitrogens with zero attached hydrogens (tertiary/aromatic N) is 2. The summed E-state index contributed by atoms with van der Waals surface area (Å²) in [5, 5.41) is 8.81. The largest absolute Gasteiger partial charge is 0.478 e. The second kappa shape index (κ2) is 4.77. The van der Waals surface area contributed by atoms with E-state index in [2.05, 4.69) is 4.98 Å². The van der Waals surface area contributed by atoms with Gasteiger partial charge in [0, 0.05) is 19.3 Å². The van der Waals surface area contributed by atoms with E-state index in [0.29, 0.717) is 13.1 Å². The summed E-state index contributed by atoms with van der Waals surface area (Å²) < 4.78 is 0. The van der Waals surface area contributed by atoms with Gasteiger partial charge in [-0.25, -0.2) is 4.79 Å². The second-order valence-electron chi connectivity index (χ2n) is 4.67. The molecule has 1 aliphatic heterocycles. The van der Waals surface area contributed by atoms with Gasteiger partial charge < -0.3 is 10.0 Å². The Labute approximate surface area is 115 Å². The van der Waals surface area contributed by atoms with Gasteiger partial charge in [0.1, 0.15) is 5.69 Å². The number of hydrogen-bond acceptors (Lipinski definition) is 3. The summed E-state index contributed by atoms with van der Waals surface area (Å²) in [4.78, 5) is 28.7. The molecule has 2 aromatic rings. The average Bonchev–Trinajstić information content (AvgIpc) is 2.90. The van der Waals surface area contributed by atoms with Gasteiger partial charge in [-0.05, 0) is 23.3 Å². The number of aromatic nitrogens is 1. The Morgan fingerprint density at radius 2 is 1.70 bits per heavy atom. The van der Waals surface area contributed by atoms with Crippen LogP contribution in [-0.2, 0) is 13.1 Å². The third kappa shape index (κ3) is 2.14. The fourth-order valence-corrected chi connectivity index (χ4v) is 2.29. The molecular formula is C15H12N2O3. The fourth-order valence-electron chi connectivity index (χ4n) is 2.29. The molecular weight excluding hydrogens is 256 g/mol. The van der Waals surface area contributed by atoms with Crippen LogP contribution in [0.25, 0.3) is 0 Å². The van der Waals surface area contributed by atoms with Gasteiger partial charge in [-0.3, -0.25) is 9.78 Å².